The van der Waals surface area contributed by atoms with E-state index in [1.54, 1.807) is 0 Å². The van der Waals surface area contributed by atoms with Gasteiger partial charge < -0.3 is 20.3 Å². The van der Waals surface area contributed by atoms with Crippen LogP contribution in [0.2, 0.25) is 0 Å². The van der Waals surface area contributed by atoms with Crippen LogP contribution in [-0.4, -0.2) is 42.5 Å². The van der Waals surface area contributed by atoms with Gasteiger partial charge in [-0.3, -0.25) is 4.79 Å². The van der Waals surface area contributed by atoms with E-state index in [9.17, 15) is 9.18 Å². The summed E-state index contributed by atoms with van der Waals surface area (Å²) in [5.41, 5.74) is 0.119. The highest BCUT2D eigenvalue weighted by atomic mass is 19.1. The fraction of sp³-hybridized carbons (Fsp3) is 0.364. The van der Waals surface area contributed by atoms with Crippen molar-refractivity contribution in [1.29, 1.82) is 0 Å². The number of carbonyl (C=O) groups is 1. The molecular formula is C11H14FNO4. The lowest BCUT2D eigenvalue weighted by atomic mass is 10.2. The quantitative estimate of drug-likeness (QED) is 0.675. The number of nitrogens with one attached hydrogen (secondary N) is 1. The Morgan fingerprint density at radius 2 is 2.29 bits per heavy atom. The average molecular weight is 243 g/mol. The molecule has 0 bridgehead atoms. The zero-order valence-corrected chi connectivity index (χ0v) is 9.31. The van der Waals surface area contributed by atoms with Crippen molar-refractivity contribution >= 4 is 5.91 Å². The smallest absolute Gasteiger partial charge is 0.251 e. The summed E-state index contributed by atoms with van der Waals surface area (Å²) in [4.78, 5) is 11.5. The van der Waals surface area contributed by atoms with Crippen LogP contribution >= 0.6 is 0 Å². The van der Waals surface area contributed by atoms with E-state index < -0.39 is 24.4 Å². The fourth-order valence-corrected chi connectivity index (χ4v) is 1.18. The van der Waals surface area contributed by atoms with Crippen molar-refractivity contribution in [2.45, 2.75) is 6.10 Å². The molecule has 0 saturated carbocycles. The number of methoxy groups -OCH3 is 1. The van der Waals surface area contributed by atoms with Crippen LogP contribution in [0, 0.1) is 5.82 Å². The normalized spacial score (nSPS) is 12.0. The van der Waals surface area contributed by atoms with Crippen LogP contribution in [0.1, 0.15) is 10.4 Å². The van der Waals surface area contributed by atoms with E-state index in [1.165, 1.54) is 19.2 Å². The maximum Gasteiger partial charge on any atom is 0.251 e. The SMILES string of the molecule is COc1ccc(C(=O)NCC(O)CO)cc1F. The molecule has 6 heteroatoms. The van der Waals surface area contributed by atoms with Crippen molar-refractivity contribution in [2.75, 3.05) is 20.3 Å². The topological polar surface area (TPSA) is 78.8 Å². The number of carbonyl (C=O) groups excluding carboxylic acids is 1. The molecule has 0 aliphatic heterocycles. The van der Waals surface area contributed by atoms with Crippen LogP contribution in [0.25, 0.3) is 0 Å². The summed E-state index contributed by atoms with van der Waals surface area (Å²) in [6, 6.07) is 3.79. The molecule has 1 aromatic carbocycles. The predicted octanol–water partition coefficient (Wildman–Crippen LogP) is -0.0827. The van der Waals surface area contributed by atoms with Crippen molar-refractivity contribution in [2.24, 2.45) is 0 Å². The Labute approximate surface area is 97.8 Å². The summed E-state index contributed by atoms with van der Waals surface area (Å²) < 4.78 is 18.0. The molecule has 17 heavy (non-hydrogen) atoms. The number of hydrogen-bond donors (Lipinski definition) is 3. The molecule has 0 aromatic heterocycles. The van der Waals surface area contributed by atoms with Crippen LogP contribution in [0.4, 0.5) is 4.39 Å². The number of ether oxygens (including phenoxy) is 1. The monoisotopic (exact) mass is 243 g/mol. The third-order valence-corrected chi connectivity index (χ3v) is 2.12. The summed E-state index contributed by atoms with van der Waals surface area (Å²) in [7, 11) is 1.33. The van der Waals surface area contributed by atoms with E-state index in [0.717, 1.165) is 6.07 Å². The number of benzene rings is 1. The molecule has 1 unspecified atom stereocenters. The van der Waals surface area contributed by atoms with Gasteiger partial charge in [-0.2, -0.15) is 0 Å². The lowest BCUT2D eigenvalue weighted by Crippen LogP contribution is -2.33. The number of amides is 1. The molecule has 1 rings (SSSR count). The third-order valence-electron chi connectivity index (χ3n) is 2.12. The Morgan fingerprint density at radius 3 is 2.82 bits per heavy atom. The van der Waals surface area contributed by atoms with Crippen molar-refractivity contribution in [3.8, 4) is 5.75 Å². The maximum absolute atomic E-state index is 13.3. The molecule has 0 aliphatic carbocycles. The van der Waals surface area contributed by atoms with Crippen LogP contribution in [-0.2, 0) is 0 Å². The second-order valence-corrected chi connectivity index (χ2v) is 3.40. The van der Waals surface area contributed by atoms with Gasteiger partial charge in [0.2, 0.25) is 0 Å². The fourth-order valence-electron chi connectivity index (χ4n) is 1.18. The summed E-state index contributed by atoms with van der Waals surface area (Å²) in [6.45, 7) is -0.541. The number of hydrogen-bond acceptors (Lipinski definition) is 4. The lowest BCUT2D eigenvalue weighted by molar-refractivity contribution is 0.0801. The molecular weight excluding hydrogens is 229 g/mol. The number of aliphatic hydroxyl groups is 2. The molecule has 0 spiro atoms. The molecule has 94 valence electrons. The van der Waals surface area contributed by atoms with E-state index in [0.29, 0.717) is 0 Å². The van der Waals surface area contributed by atoms with Crippen molar-refractivity contribution in [3.05, 3.63) is 29.6 Å². The first-order valence-electron chi connectivity index (χ1n) is 4.99. The molecule has 0 heterocycles. The largest absolute Gasteiger partial charge is 0.494 e. The first-order chi connectivity index (χ1) is 8.08. The van der Waals surface area contributed by atoms with Gasteiger partial charge in [0.1, 0.15) is 0 Å². The number of halogens is 1. The summed E-state index contributed by atoms with van der Waals surface area (Å²) >= 11 is 0. The third kappa shape index (κ3) is 3.69. The highest BCUT2D eigenvalue weighted by molar-refractivity contribution is 5.94. The molecule has 0 radical (unpaired) electrons. The van der Waals surface area contributed by atoms with Gasteiger partial charge in [-0.1, -0.05) is 0 Å². The molecule has 1 amide bonds. The van der Waals surface area contributed by atoms with Crippen LogP contribution in [0.5, 0.6) is 5.75 Å². The van der Waals surface area contributed by atoms with E-state index >= 15 is 0 Å². The van der Waals surface area contributed by atoms with Gasteiger partial charge in [0, 0.05) is 12.1 Å². The first kappa shape index (κ1) is 13.4. The summed E-state index contributed by atoms with van der Waals surface area (Å²) in [6.07, 6.45) is -1.03. The van der Waals surface area contributed by atoms with Crippen LogP contribution < -0.4 is 10.1 Å². The van der Waals surface area contributed by atoms with Gasteiger partial charge in [-0.25, -0.2) is 4.39 Å². The number of rotatable bonds is 5. The minimum atomic E-state index is -1.03. The average Bonchev–Trinajstić information content (AvgIpc) is 2.35. The minimum Gasteiger partial charge on any atom is -0.494 e. The predicted molar refractivity (Wildman–Crippen MR) is 58.4 cm³/mol. The molecule has 1 aromatic rings. The Kier molecular flexibility index (Phi) is 4.86. The van der Waals surface area contributed by atoms with Crippen LogP contribution in [0.3, 0.4) is 0 Å². The van der Waals surface area contributed by atoms with Gasteiger partial charge >= 0.3 is 0 Å². The van der Waals surface area contributed by atoms with Crippen LogP contribution in [0.15, 0.2) is 18.2 Å². The second kappa shape index (κ2) is 6.17. The van der Waals surface area contributed by atoms with E-state index in [2.05, 4.69) is 5.32 Å². The van der Waals surface area contributed by atoms with Gasteiger partial charge in [0.05, 0.1) is 19.8 Å². The highest BCUT2D eigenvalue weighted by Gasteiger charge is 2.11. The zero-order chi connectivity index (χ0) is 12.8. The van der Waals surface area contributed by atoms with Crippen molar-refractivity contribution in [1.82, 2.24) is 5.32 Å². The maximum atomic E-state index is 13.3. The van der Waals surface area contributed by atoms with E-state index in [-0.39, 0.29) is 17.9 Å². The van der Waals surface area contributed by atoms with E-state index in [4.69, 9.17) is 14.9 Å². The van der Waals surface area contributed by atoms with E-state index in [1.807, 2.05) is 0 Å². The lowest BCUT2D eigenvalue weighted by Gasteiger charge is -2.09. The molecule has 5 nitrogen and oxygen atoms in total. The Morgan fingerprint density at radius 1 is 1.59 bits per heavy atom. The van der Waals surface area contributed by atoms with Crippen molar-refractivity contribution in [3.63, 3.8) is 0 Å². The van der Waals surface area contributed by atoms with Crippen molar-refractivity contribution < 1.29 is 24.1 Å². The summed E-state index contributed by atoms with van der Waals surface area (Å²) in [5.74, 6) is -1.11. The molecule has 0 saturated heterocycles. The zero-order valence-electron chi connectivity index (χ0n) is 9.31. The summed E-state index contributed by atoms with van der Waals surface area (Å²) in [5, 5.41) is 19.9. The molecule has 3 N–H and O–H groups in total. The molecule has 1 atom stereocenters. The van der Waals surface area contributed by atoms with Gasteiger partial charge in [0.15, 0.2) is 11.6 Å². The highest BCUT2D eigenvalue weighted by Crippen LogP contribution is 2.17. The first-order valence-corrected chi connectivity index (χ1v) is 4.99. The molecule has 0 fully saturated rings. The Balaban J connectivity index is 2.66. The standard InChI is InChI=1S/C11H14FNO4/c1-17-10-3-2-7(4-9(10)12)11(16)13-5-8(15)6-14/h2-4,8,14-15H,5-6H2,1H3,(H,13,16). The Hall–Kier alpha value is -1.66. The van der Waals surface area contributed by atoms with Gasteiger partial charge in [-0.15, -0.1) is 0 Å². The minimum absolute atomic E-state index is 0.0527. The van der Waals surface area contributed by atoms with Gasteiger partial charge in [0.25, 0.3) is 5.91 Å². The second-order valence-electron chi connectivity index (χ2n) is 3.40. The Bertz CT molecular complexity index is 397. The molecule has 0 aliphatic rings. The van der Waals surface area contributed by atoms with Gasteiger partial charge in [-0.05, 0) is 18.2 Å². The number of aliphatic hydroxyl groups excluding tert-OH is 2.